The molecule has 15 heavy (non-hydrogen) atoms. The Hall–Kier alpha value is -0.120. The van der Waals surface area contributed by atoms with E-state index in [1.807, 2.05) is 0 Å². The van der Waals surface area contributed by atoms with Crippen molar-refractivity contribution in [1.29, 1.82) is 0 Å². The fraction of sp³-hybridized carbons (Fsp3) is 1.00. The van der Waals surface area contributed by atoms with Crippen LogP contribution < -0.4 is 5.32 Å². The van der Waals surface area contributed by atoms with E-state index < -0.39 is 0 Å². The molecule has 2 heterocycles. The van der Waals surface area contributed by atoms with Crippen LogP contribution in [0.4, 0.5) is 0 Å². The lowest BCUT2D eigenvalue weighted by Crippen LogP contribution is -2.37. The van der Waals surface area contributed by atoms with Gasteiger partial charge < -0.3 is 14.8 Å². The third-order valence-electron chi connectivity index (χ3n) is 3.40. The predicted molar refractivity (Wildman–Crippen MR) is 60.0 cm³/mol. The zero-order chi connectivity index (χ0) is 10.5. The number of hydrogen-bond acceptors (Lipinski definition) is 3. The summed E-state index contributed by atoms with van der Waals surface area (Å²) in [7, 11) is 0. The van der Waals surface area contributed by atoms with E-state index >= 15 is 0 Å². The van der Waals surface area contributed by atoms with Crippen LogP contribution in [0.3, 0.4) is 0 Å². The summed E-state index contributed by atoms with van der Waals surface area (Å²) in [5.74, 6) is 0. The van der Waals surface area contributed by atoms with Crippen molar-refractivity contribution in [2.24, 2.45) is 0 Å². The lowest BCUT2D eigenvalue weighted by atomic mass is 10.1. The van der Waals surface area contributed by atoms with Crippen LogP contribution in [0.15, 0.2) is 0 Å². The molecule has 2 aliphatic heterocycles. The average Bonchev–Trinajstić information content (AvgIpc) is 2.86. The highest BCUT2D eigenvalue weighted by Gasteiger charge is 2.19. The molecule has 0 aliphatic carbocycles. The maximum absolute atomic E-state index is 5.62. The number of nitrogens with one attached hydrogen (secondary N) is 1. The van der Waals surface area contributed by atoms with E-state index in [0.717, 1.165) is 19.8 Å². The summed E-state index contributed by atoms with van der Waals surface area (Å²) < 4.78 is 11.0. The van der Waals surface area contributed by atoms with Gasteiger partial charge in [-0.25, -0.2) is 0 Å². The van der Waals surface area contributed by atoms with Crippen molar-refractivity contribution in [1.82, 2.24) is 5.32 Å². The van der Waals surface area contributed by atoms with Crippen LogP contribution in [0.1, 0.15) is 39.0 Å². The molecule has 2 rings (SSSR count). The molecule has 2 fully saturated rings. The van der Waals surface area contributed by atoms with Gasteiger partial charge >= 0.3 is 0 Å². The largest absolute Gasteiger partial charge is 0.380 e. The minimum atomic E-state index is 0.536. The van der Waals surface area contributed by atoms with E-state index in [9.17, 15) is 0 Å². The molecule has 1 N–H and O–H groups in total. The summed E-state index contributed by atoms with van der Waals surface area (Å²) in [6, 6.07) is 1.19. The minimum absolute atomic E-state index is 0.536. The van der Waals surface area contributed by atoms with Gasteiger partial charge in [-0.2, -0.15) is 0 Å². The second-order valence-corrected chi connectivity index (χ2v) is 4.84. The Labute approximate surface area is 92.5 Å². The van der Waals surface area contributed by atoms with Crippen molar-refractivity contribution < 1.29 is 9.47 Å². The SMILES string of the molecule is CC(CCC1CCCO1)NC1CCOC1. The van der Waals surface area contributed by atoms with Gasteiger partial charge in [-0.3, -0.25) is 0 Å². The summed E-state index contributed by atoms with van der Waals surface area (Å²) in [6.07, 6.45) is 6.66. The van der Waals surface area contributed by atoms with Gasteiger partial charge in [0.05, 0.1) is 12.7 Å². The highest BCUT2D eigenvalue weighted by molar-refractivity contribution is 4.76. The molecule has 3 atom stereocenters. The molecule has 0 amide bonds. The van der Waals surface area contributed by atoms with Crippen LogP contribution in [-0.4, -0.2) is 38.0 Å². The first-order chi connectivity index (χ1) is 7.34. The molecule has 0 radical (unpaired) electrons. The lowest BCUT2D eigenvalue weighted by Gasteiger charge is -2.19. The summed E-state index contributed by atoms with van der Waals surface area (Å²) in [4.78, 5) is 0. The Morgan fingerprint density at radius 2 is 2.27 bits per heavy atom. The van der Waals surface area contributed by atoms with E-state index in [0.29, 0.717) is 18.2 Å². The number of hydrogen-bond donors (Lipinski definition) is 1. The Bertz CT molecular complexity index is 174. The number of rotatable bonds is 5. The summed E-state index contributed by atoms with van der Waals surface area (Å²) in [5, 5.41) is 3.62. The van der Waals surface area contributed by atoms with Crippen LogP contribution in [0.2, 0.25) is 0 Å². The molecular formula is C12H23NO2. The van der Waals surface area contributed by atoms with Gasteiger partial charge in [-0.15, -0.1) is 0 Å². The van der Waals surface area contributed by atoms with E-state index in [2.05, 4.69) is 12.2 Å². The molecule has 88 valence electrons. The first-order valence-electron chi connectivity index (χ1n) is 6.30. The zero-order valence-electron chi connectivity index (χ0n) is 9.71. The van der Waals surface area contributed by atoms with Crippen LogP contribution in [0, 0.1) is 0 Å². The van der Waals surface area contributed by atoms with E-state index in [1.165, 1.54) is 32.1 Å². The summed E-state index contributed by atoms with van der Waals surface area (Å²) in [6.45, 7) is 5.07. The van der Waals surface area contributed by atoms with Crippen molar-refractivity contribution in [3.8, 4) is 0 Å². The molecule has 0 aromatic carbocycles. The Morgan fingerprint density at radius 1 is 1.33 bits per heavy atom. The molecule has 2 saturated heterocycles. The molecule has 0 spiro atoms. The zero-order valence-corrected chi connectivity index (χ0v) is 9.71. The molecular weight excluding hydrogens is 190 g/mol. The van der Waals surface area contributed by atoms with Gasteiger partial charge in [0.15, 0.2) is 0 Å². The fourth-order valence-electron chi connectivity index (χ4n) is 2.46. The summed E-state index contributed by atoms with van der Waals surface area (Å²) in [5.41, 5.74) is 0. The first kappa shape index (κ1) is 11.4. The third kappa shape index (κ3) is 3.74. The fourth-order valence-corrected chi connectivity index (χ4v) is 2.46. The normalized spacial score (nSPS) is 33.4. The molecule has 3 nitrogen and oxygen atoms in total. The van der Waals surface area contributed by atoms with Crippen molar-refractivity contribution in [3.63, 3.8) is 0 Å². The van der Waals surface area contributed by atoms with Crippen LogP contribution in [0.5, 0.6) is 0 Å². The van der Waals surface area contributed by atoms with Crippen molar-refractivity contribution in [2.75, 3.05) is 19.8 Å². The quantitative estimate of drug-likeness (QED) is 0.754. The molecule has 3 unspecified atom stereocenters. The molecule has 0 saturated carbocycles. The smallest absolute Gasteiger partial charge is 0.0620 e. The molecule has 0 aromatic heterocycles. The van der Waals surface area contributed by atoms with Gasteiger partial charge in [-0.05, 0) is 39.0 Å². The van der Waals surface area contributed by atoms with Crippen LogP contribution >= 0.6 is 0 Å². The van der Waals surface area contributed by atoms with Crippen LogP contribution in [-0.2, 0) is 9.47 Å². The van der Waals surface area contributed by atoms with Crippen molar-refractivity contribution in [3.05, 3.63) is 0 Å². The van der Waals surface area contributed by atoms with Crippen LogP contribution in [0.25, 0.3) is 0 Å². The van der Waals surface area contributed by atoms with Gasteiger partial charge in [-0.1, -0.05) is 0 Å². The Balaban J connectivity index is 1.57. The van der Waals surface area contributed by atoms with E-state index in [4.69, 9.17) is 9.47 Å². The first-order valence-corrected chi connectivity index (χ1v) is 6.30. The molecule has 0 bridgehead atoms. The second kappa shape index (κ2) is 5.83. The van der Waals surface area contributed by atoms with Crippen molar-refractivity contribution in [2.45, 2.75) is 57.2 Å². The molecule has 0 aromatic rings. The van der Waals surface area contributed by atoms with Gasteiger partial charge in [0.2, 0.25) is 0 Å². The maximum Gasteiger partial charge on any atom is 0.0620 e. The monoisotopic (exact) mass is 213 g/mol. The van der Waals surface area contributed by atoms with Gasteiger partial charge in [0.25, 0.3) is 0 Å². The lowest BCUT2D eigenvalue weighted by molar-refractivity contribution is 0.0995. The highest BCUT2D eigenvalue weighted by atomic mass is 16.5. The second-order valence-electron chi connectivity index (χ2n) is 4.84. The predicted octanol–water partition coefficient (Wildman–Crippen LogP) is 1.71. The summed E-state index contributed by atoms with van der Waals surface area (Å²) >= 11 is 0. The Morgan fingerprint density at radius 3 is 2.93 bits per heavy atom. The highest BCUT2D eigenvalue weighted by Crippen LogP contribution is 2.18. The van der Waals surface area contributed by atoms with Crippen molar-refractivity contribution >= 4 is 0 Å². The molecule has 2 aliphatic rings. The van der Waals surface area contributed by atoms with Gasteiger partial charge in [0.1, 0.15) is 0 Å². The number of ether oxygens (including phenoxy) is 2. The Kier molecular flexibility index (Phi) is 4.42. The van der Waals surface area contributed by atoms with E-state index in [1.54, 1.807) is 0 Å². The van der Waals surface area contributed by atoms with E-state index in [-0.39, 0.29) is 0 Å². The topological polar surface area (TPSA) is 30.5 Å². The van der Waals surface area contributed by atoms with Gasteiger partial charge in [0, 0.05) is 25.3 Å². The standard InChI is InChI=1S/C12H23NO2/c1-10(13-11-6-8-14-9-11)4-5-12-3-2-7-15-12/h10-13H,2-9H2,1H3. The third-order valence-corrected chi connectivity index (χ3v) is 3.40. The average molecular weight is 213 g/mol. The maximum atomic E-state index is 5.62. The minimum Gasteiger partial charge on any atom is -0.380 e. The molecule has 3 heteroatoms.